The quantitative estimate of drug-likeness (QED) is 0.592. The van der Waals surface area contributed by atoms with Crippen molar-refractivity contribution >= 4 is 24.2 Å². The molecule has 0 radical (unpaired) electrons. The Morgan fingerprint density at radius 1 is 1.56 bits per heavy atom. The maximum Gasteiger partial charge on any atom is 0.490 e. The van der Waals surface area contributed by atoms with Crippen molar-refractivity contribution in [1.29, 1.82) is 5.26 Å². The summed E-state index contributed by atoms with van der Waals surface area (Å²) < 4.78 is 12.8. The Bertz CT molecular complexity index is 445. The second kappa shape index (κ2) is 5.25. The molecule has 0 aliphatic heterocycles. The predicted octanol–water partition coefficient (Wildman–Crippen LogP) is -0.642. The van der Waals surface area contributed by atoms with Gasteiger partial charge in [-0.15, -0.1) is 0 Å². The number of anilines is 1. The van der Waals surface area contributed by atoms with E-state index < -0.39 is 18.8 Å². The summed E-state index contributed by atoms with van der Waals surface area (Å²) in [6.45, 7) is 0. The van der Waals surface area contributed by atoms with Crippen LogP contribution in [0.15, 0.2) is 18.2 Å². The van der Waals surface area contributed by atoms with Crippen LogP contribution in [0, 0.1) is 17.1 Å². The Morgan fingerprint density at radius 3 is 2.81 bits per heavy atom. The van der Waals surface area contributed by atoms with Gasteiger partial charge in [-0.05, 0) is 18.2 Å². The van der Waals surface area contributed by atoms with E-state index in [1.165, 1.54) is 6.07 Å². The van der Waals surface area contributed by atoms with Gasteiger partial charge in [0, 0.05) is 11.2 Å². The van der Waals surface area contributed by atoms with Crippen molar-refractivity contribution in [2.75, 3.05) is 5.32 Å². The number of nitriles is 1. The van der Waals surface area contributed by atoms with Crippen LogP contribution in [0.5, 0.6) is 0 Å². The molecule has 1 aromatic carbocycles. The summed E-state index contributed by atoms with van der Waals surface area (Å²) in [7, 11) is -1.90. The lowest BCUT2D eigenvalue weighted by molar-refractivity contribution is -0.115. The molecular formula is C9H8BFN2O3. The SMILES string of the molecule is N#CCC(=O)Nc1ccc(F)cc1B(O)O. The van der Waals surface area contributed by atoms with Gasteiger partial charge in [-0.25, -0.2) is 4.39 Å². The molecule has 1 aromatic rings. The highest BCUT2D eigenvalue weighted by molar-refractivity contribution is 6.60. The van der Waals surface area contributed by atoms with Gasteiger partial charge in [0.05, 0.1) is 6.07 Å². The van der Waals surface area contributed by atoms with E-state index in [2.05, 4.69) is 5.32 Å². The molecule has 1 rings (SSSR count). The van der Waals surface area contributed by atoms with Crippen LogP contribution in [0.2, 0.25) is 0 Å². The molecule has 0 atom stereocenters. The highest BCUT2D eigenvalue weighted by atomic mass is 19.1. The van der Waals surface area contributed by atoms with Crippen LogP contribution in [-0.4, -0.2) is 23.1 Å². The molecule has 3 N–H and O–H groups in total. The van der Waals surface area contributed by atoms with Crippen molar-refractivity contribution in [3.8, 4) is 6.07 Å². The Morgan fingerprint density at radius 2 is 2.25 bits per heavy atom. The normalized spacial score (nSPS) is 9.38. The molecule has 0 aliphatic rings. The fraction of sp³-hybridized carbons (Fsp3) is 0.111. The molecule has 0 saturated heterocycles. The molecular weight excluding hydrogens is 214 g/mol. The van der Waals surface area contributed by atoms with Crippen LogP contribution in [0.3, 0.4) is 0 Å². The number of nitrogens with one attached hydrogen (secondary N) is 1. The predicted molar refractivity (Wildman–Crippen MR) is 55.1 cm³/mol. The maximum absolute atomic E-state index is 12.8. The van der Waals surface area contributed by atoms with E-state index in [9.17, 15) is 9.18 Å². The molecule has 0 aromatic heterocycles. The van der Waals surface area contributed by atoms with E-state index in [1.54, 1.807) is 6.07 Å². The van der Waals surface area contributed by atoms with E-state index in [0.29, 0.717) is 0 Å². The number of amides is 1. The van der Waals surface area contributed by atoms with Crippen LogP contribution in [0.25, 0.3) is 0 Å². The lowest BCUT2D eigenvalue weighted by Crippen LogP contribution is -2.33. The van der Waals surface area contributed by atoms with Crippen LogP contribution < -0.4 is 10.8 Å². The van der Waals surface area contributed by atoms with E-state index in [-0.39, 0.29) is 17.6 Å². The van der Waals surface area contributed by atoms with E-state index in [4.69, 9.17) is 15.3 Å². The van der Waals surface area contributed by atoms with Gasteiger partial charge in [0.15, 0.2) is 0 Å². The van der Waals surface area contributed by atoms with Gasteiger partial charge in [0.1, 0.15) is 12.2 Å². The third-order valence-corrected chi connectivity index (χ3v) is 1.81. The molecule has 82 valence electrons. The van der Waals surface area contributed by atoms with Crippen molar-refractivity contribution in [2.45, 2.75) is 6.42 Å². The van der Waals surface area contributed by atoms with Gasteiger partial charge in [-0.1, -0.05) is 0 Å². The highest BCUT2D eigenvalue weighted by Gasteiger charge is 2.18. The van der Waals surface area contributed by atoms with Gasteiger partial charge >= 0.3 is 7.12 Å². The zero-order chi connectivity index (χ0) is 12.1. The molecule has 0 heterocycles. The maximum atomic E-state index is 12.8. The first kappa shape index (κ1) is 12.2. The molecule has 0 spiro atoms. The Hall–Kier alpha value is -1.91. The first-order valence-electron chi connectivity index (χ1n) is 4.37. The van der Waals surface area contributed by atoms with Crippen LogP contribution in [0.4, 0.5) is 10.1 Å². The largest absolute Gasteiger partial charge is 0.490 e. The summed E-state index contributed by atoms with van der Waals surface area (Å²) in [5.41, 5.74) is -0.0945. The lowest BCUT2D eigenvalue weighted by atomic mass is 9.79. The smallest absolute Gasteiger partial charge is 0.423 e. The second-order valence-electron chi connectivity index (χ2n) is 2.99. The minimum absolute atomic E-state index is 0.0663. The molecule has 16 heavy (non-hydrogen) atoms. The van der Waals surface area contributed by atoms with Crippen molar-refractivity contribution in [2.24, 2.45) is 0 Å². The van der Waals surface area contributed by atoms with Crippen molar-refractivity contribution in [3.05, 3.63) is 24.0 Å². The number of rotatable bonds is 3. The zero-order valence-electron chi connectivity index (χ0n) is 8.14. The molecule has 0 aliphatic carbocycles. The van der Waals surface area contributed by atoms with Crippen molar-refractivity contribution in [1.82, 2.24) is 0 Å². The number of hydrogen-bond donors (Lipinski definition) is 3. The van der Waals surface area contributed by atoms with Crippen LogP contribution in [0.1, 0.15) is 6.42 Å². The first-order chi connectivity index (χ1) is 7.54. The minimum atomic E-state index is -1.90. The van der Waals surface area contributed by atoms with Crippen LogP contribution >= 0.6 is 0 Å². The summed E-state index contributed by atoms with van der Waals surface area (Å²) in [5.74, 6) is -1.25. The Balaban J connectivity index is 2.96. The number of benzene rings is 1. The minimum Gasteiger partial charge on any atom is -0.423 e. The number of carbonyl (C=O) groups excluding carboxylic acids is 1. The number of hydrogen-bond acceptors (Lipinski definition) is 4. The zero-order valence-corrected chi connectivity index (χ0v) is 8.14. The number of carbonyl (C=O) groups is 1. The monoisotopic (exact) mass is 222 g/mol. The van der Waals surface area contributed by atoms with E-state index in [1.807, 2.05) is 0 Å². The molecule has 1 amide bonds. The molecule has 0 unspecified atom stereocenters. The highest BCUT2D eigenvalue weighted by Crippen LogP contribution is 2.07. The summed E-state index contributed by atoms with van der Waals surface area (Å²) in [4.78, 5) is 11.1. The van der Waals surface area contributed by atoms with E-state index >= 15 is 0 Å². The molecule has 0 bridgehead atoms. The summed E-state index contributed by atoms with van der Waals surface area (Å²) in [5, 5.41) is 28.4. The standard InChI is InChI=1S/C9H8BFN2O3/c11-6-1-2-8(7(5-6)10(15)16)13-9(14)3-4-12/h1-2,5,15-16H,3H2,(H,13,14). The average molecular weight is 222 g/mol. The van der Waals surface area contributed by atoms with Gasteiger partial charge in [-0.3, -0.25) is 4.79 Å². The third kappa shape index (κ3) is 3.05. The molecule has 7 heteroatoms. The Kier molecular flexibility index (Phi) is 3.99. The number of halogens is 1. The second-order valence-corrected chi connectivity index (χ2v) is 2.99. The average Bonchev–Trinajstić information content (AvgIpc) is 2.20. The summed E-state index contributed by atoms with van der Waals surface area (Å²) in [6, 6.07) is 4.79. The first-order valence-corrected chi connectivity index (χ1v) is 4.37. The fourth-order valence-corrected chi connectivity index (χ4v) is 1.13. The van der Waals surface area contributed by atoms with Crippen molar-refractivity contribution in [3.63, 3.8) is 0 Å². The van der Waals surface area contributed by atoms with Crippen molar-refractivity contribution < 1.29 is 19.2 Å². The molecule has 0 fully saturated rings. The molecule has 0 saturated carbocycles. The summed E-state index contributed by atoms with van der Waals surface area (Å²) >= 11 is 0. The van der Waals surface area contributed by atoms with Gasteiger partial charge in [0.2, 0.25) is 5.91 Å². The fourth-order valence-electron chi connectivity index (χ4n) is 1.13. The topological polar surface area (TPSA) is 93.4 Å². The number of nitrogens with zero attached hydrogens (tertiary/aromatic N) is 1. The lowest BCUT2D eigenvalue weighted by Gasteiger charge is -2.09. The summed E-state index contributed by atoms with van der Waals surface area (Å²) in [6.07, 6.45) is -0.363. The molecule has 5 nitrogen and oxygen atoms in total. The van der Waals surface area contributed by atoms with Gasteiger partial charge in [0.25, 0.3) is 0 Å². The Labute approximate surface area is 91.3 Å². The third-order valence-electron chi connectivity index (χ3n) is 1.81. The van der Waals surface area contributed by atoms with Gasteiger partial charge < -0.3 is 15.4 Å². The van der Waals surface area contributed by atoms with E-state index in [0.717, 1.165) is 12.1 Å². The van der Waals surface area contributed by atoms with Crippen LogP contribution in [-0.2, 0) is 4.79 Å². The van der Waals surface area contributed by atoms with Gasteiger partial charge in [-0.2, -0.15) is 5.26 Å².